The first kappa shape index (κ1) is 14.2. The van der Waals surface area contributed by atoms with Gasteiger partial charge >= 0.3 is 0 Å². The zero-order chi connectivity index (χ0) is 14.4. The molecule has 2 saturated heterocycles. The molecule has 0 N–H and O–H groups in total. The van der Waals surface area contributed by atoms with Gasteiger partial charge in [-0.2, -0.15) is 0 Å². The highest BCUT2D eigenvalue weighted by Gasteiger charge is 2.43. The molecule has 0 aromatic heterocycles. The average Bonchev–Trinajstić information content (AvgIpc) is 3.22. The van der Waals surface area contributed by atoms with Crippen molar-refractivity contribution in [2.24, 2.45) is 5.92 Å². The Labute approximate surface area is 136 Å². The number of halogens is 2. The molecular weight excluding hydrogens is 305 g/mol. The summed E-state index contributed by atoms with van der Waals surface area (Å²) in [4.78, 5) is 2.77. The van der Waals surface area contributed by atoms with E-state index in [-0.39, 0.29) is 0 Å². The van der Waals surface area contributed by atoms with Crippen LogP contribution in [0.5, 0.6) is 5.75 Å². The number of hydrogen-bond acceptors (Lipinski definition) is 2. The molecule has 0 amide bonds. The third-order valence-electron chi connectivity index (χ3n) is 5.20. The van der Waals surface area contributed by atoms with E-state index in [4.69, 9.17) is 27.9 Å². The predicted octanol–water partition coefficient (Wildman–Crippen LogP) is 4.78. The van der Waals surface area contributed by atoms with E-state index in [1.165, 1.54) is 32.2 Å². The minimum absolute atomic E-state index is 0.329. The van der Waals surface area contributed by atoms with Crippen LogP contribution < -0.4 is 4.74 Å². The van der Waals surface area contributed by atoms with Gasteiger partial charge in [-0.15, -0.1) is 0 Å². The maximum absolute atomic E-state index is 6.17. The first-order chi connectivity index (χ1) is 10.2. The number of benzene rings is 1. The molecule has 1 saturated carbocycles. The van der Waals surface area contributed by atoms with Crippen LogP contribution >= 0.6 is 23.2 Å². The second kappa shape index (κ2) is 5.64. The lowest BCUT2D eigenvalue weighted by molar-refractivity contribution is 0.0466. The second-order valence-corrected chi connectivity index (χ2v) is 7.63. The summed E-state index contributed by atoms with van der Waals surface area (Å²) in [6.07, 6.45) is 8.22. The number of rotatable bonds is 4. The third-order valence-corrected chi connectivity index (χ3v) is 5.94. The number of ether oxygens (including phenoxy) is 1. The van der Waals surface area contributed by atoms with Crippen molar-refractivity contribution in [2.45, 2.75) is 56.7 Å². The first-order valence-electron chi connectivity index (χ1n) is 8.06. The summed E-state index contributed by atoms with van der Waals surface area (Å²) >= 11 is 12.0. The molecule has 2 bridgehead atoms. The fourth-order valence-electron chi connectivity index (χ4n) is 3.96. The molecule has 114 valence electrons. The first-order valence-corrected chi connectivity index (χ1v) is 8.82. The third kappa shape index (κ3) is 3.04. The topological polar surface area (TPSA) is 12.5 Å². The fourth-order valence-corrected chi connectivity index (χ4v) is 4.25. The Balaban J connectivity index is 1.40. The predicted molar refractivity (Wildman–Crippen MR) is 86.4 cm³/mol. The summed E-state index contributed by atoms with van der Waals surface area (Å²) in [6.45, 7) is 1.33. The van der Waals surface area contributed by atoms with Crippen molar-refractivity contribution >= 4 is 23.2 Å². The largest absolute Gasteiger partial charge is 0.490 e. The van der Waals surface area contributed by atoms with Crippen molar-refractivity contribution < 1.29 is 4.74 Å². The molecule has 0 radical (unpaired) electrons. The van der Waals surface area contributed by atoms with Gasteiger partial charge in [0.25, 0.3) is 0 Å². The monoisotopic (exact) mass is 325 g/mol. The molecule has 2 nitrogen and oxygen atoms in total. The minimum atomic E-state index is 0.329. The lowest BCUT2D eigenvalue weighted by Crippen LogP contribution is -2.47. The summed E-state index contributed by atoms with van der Waals surface area (Å²) in [6, 6.07) is 7.04. The smallest absolute Gasteiger partial charge is 0.121 e. The SMILES string of the molecule is Clc1ccc(OC2C[C@H]3CC[C@@H](C2)N3CC2CC2)cc1Cl. The summed E-state index contributed by atoms with van der Waals surface area (Å²) in [5.74, 6) is 1.84. The Bertz CT molecular complexity index is 518. The van der Waals surface area contributed by atoms with Crippen molar-refractivity contribution in [2.75, 3.05) is 6.54 Å². The van der Waals surface area contributed by atoms with E-state index in [1.807, 2.05) is 18.2 Å². The zero-order valence-corrected chi connectivity index (χ0v) is 13.6. The van der Waals surface area contributed by atoms with Crippen LogP contribution in [-0.2, 0) is 0 Å². The summed E-state index contributed by atoms with van der Waals surface area (Å²) < 4.78 is 6.17. The van der Waals surface area contributed by atoms with Gasteiger partial charge in [-0.3, -0.25) is 4.90 Å². The van der Waals surface area contributed by atoms with Crippen molar-refractivity contribution in [3.63, 3.8) is 0 Å². The van der Waals surface area contributed by atoms with Crippen LogP contribution in [0.25, 0.3) is 0 Å². The maximum Gasteiger partial charge on any atom is 0.121 e. The van der Waals surface area contributed by atoms with Gasteiger partial charge in [0.1, 0.15) is 11.9 Å². The molecule has 2 aliphatic heterocycles. The van der Waals surface area contributed by atoms with Gasteiger partial charge < -0.3 is 4.74 Å². The number of hydrogen-bond donors (Lipinski definition) is 0. The van der Waals surface area contributed by atoms with Crippen molar-refractivity contribution in [1.82, 2.24) is 4.90 Å². The Hall–Kier alpha value is -0.440. The minimum Gasteiger partial charge on any atom is -0.490 e. The van der Waals surface area contributed by atoms with Gasteiger partial charge in [0.15, 0.2) is 0 Å². The van der Waals surface area contributed by atoms with Crippen molar-refractivity contribution in [3.8, 4) is 5.75 Å². The number of piperidine rings is 1. The lowest BCUT2D eigenvalue weighted by atomic mass is 9.99. The van der Waals surface area contributed by atoms with Crippen LogP contribution in [0.1, 0.15) is 38.5 Å². The normalized spacial score (nSPS) is 32.4. The van der Waals surface area contributed by atoms with Crippen LogP contribution in [0.15, 0.2) is 18.2 Å². The molecular formula is C17H21Cl2NO. The summed E-state index contributed by atoms with van der Waals surface area (Å²) in [7, 11) is 0. The number of fused-ring (bicyclic) bond motifs is 2. The molecule has 0 spiro atoms. The quantitative estimate of drug-likeness (QED) is 0.790. The van der Waals surface area contributed by atoms with Crippen LogP contribution in [0.4, 0.5) is 0 Å². The second-order valence-electron chi connectivity index (χ2n) is 6.81. The van der Waals surface area contributed by atoms with E-state index >= 15 is 0 Å². The molecule has 4 heteroatoms. The molecule has 1 aromatic carbocycles. The van der Waals surface area contributed by atoms with Crippen LogP contribution in [0, 0.1) is 5.92 Å². The highest BCUT2D eigenvalue weighted by atomic mass is 35.5. The van der Waals surface area contributed by atoms with E-state index in [0.717, 1.165) is 36.6 Å². The zero-order valence-electron chi connectivity index (χ0n) is 12.1. The fraction of sp³-hybridized carbons (Fsp3) is 0.647. The molecule has 3 fully saturated rings. The highest BCUT2D eigenvalue weighted by molar-refractivity contribution is 6.42. The molecule has 1 aliphatic carbocycles. The van der Waals surface area contributed by atoms with E-state index < -0.39 is 0 Å². The van der Waals surface area contributed by atoms with Gasteiger partial charge in [0.05, 0.1) is 10.0 Å². The highest BCUT2D eigenvalue weighted by Crippen LogP contribution is 2.41. The van der Waals surface area contributed by atoms with Gasteiger partial charge in [-0.25, -0.2) is 0 Å². The summed E-state index contributed by atoms with van der Waals surface area (Å²) in [5.41, 5.74) is 0. The van der Waals surface area contributed by atoms with Crippen molar-refractivity contribution in [3.05, 3.63) is 28.2 Å². The molecule has 3 aliphatic rings. The van der Waals surface area contributed by atoms with Gasteiger partial charge in [-0.05, 0) is 56.6 Å². The Kier molecular flexibility index (Phi) is 3.81. The molecule has 4 rings (SSSR count). The maximum atomic E-state index is 6.17. The molecule has 1 unspecified atom stereocenters. The van der Waals surface area contributed by atoms with Crippen molar-refractivity contribution in [1.29, 1.82) is 0 Å². The molecule has 1 aromatic rings. The Morgan fingerprint density at radius 2 is 1.71 bits per heavy atom. The Morgan fingerprint density at radius 1 is 1.00 bits per heavy atom. The van der Waals surface area contributed by atoms with E-state index in [0.29, 0.717) is 16.1 Å². The van der Waals surface area contributed by atoms with Crippen LogP contribution in [-0.4, -0.2) is 29.6 Å². The standard InChI is InChI=1S/C17H21Cl2NO/c18-16-6-5-14(9-17(16)19)21-15-7-12-3-4-13(8-15)20(12)10-11-1-2-11/h5-6,9,11-13,15H,1-4,7-8,10H2/t12-,13+,15?. The number of nitrogens with zero attached hydrogens (tertiary/aromatic N) is 1. The molecule has 21 heavy (non-hydrogen) atoms. The Morgan fingerprint density at radius 3 is 2.33 bits per heavy atom. The summed E-state index contributed by atoms with van der Waals surface area (Å²) in [5, 5.41) is 1.16. The van der Waals surface area contributed by atoms with Crippen LogP contribution in [0.2, 0.25) is 10.0 Å². The van der Waals surface area contributed by atoms with E-state index in [9.17, 15) is 0 Å². The van der Waals surface area contributed by atoms with E-state index in [1.54, 1.807) is 0 Å². The van der Waals surface area contributed by atoms with Gasteiger partial charge in [0.2, 0.25) is 0 Å². The molecule has 3 atom stereocenters. The lowest BCUT2D eigenvalue weighted by Gasteiger charge is -2.39. The van der Waals surface area contributed by atoms with Gasteiger partial charge in [-0.1, -0.05) is 23.2 Å². The molecule has 2 heterocycles. The average molecular weight is 326 g/mol. The van der Waals surface area contributed by atoms with Crippen LogP contribution in [0.3, 0.4) is 0 Å². The van der Waals surface area contributed by atoms with Gasteiger partial charge in [0, 0.05) is 24.7 Å². The van der Waals surface area contributed by atoms with E-state index in [2.05, 4.69) is 4.90 Å².